The number of carbonyl (C=O) groups is 1. The molecule has 1 nitrogen and oxygen atoms in total. The Morgan fingerprint density at radius 2 is 2.00 bits per heavy atom. The fourth-order valence-corrected chi connectivity index (χ4v) is 1.73. The SMILES string of the molecule is O=C(/C=C/Br)CCc1ccc(I)cc1. The van der Waals surface area contributed by atoms with Gasteiger partial charge >= 0.3 is 0 Å². The number of carbonyl (C=O) groups excluding carboxylic acids is 1. The highest BCUT2D eigenvalue weighted by Crippen LogP contribution is 2.08. The first kappa shape index (κ1) is 11.9. The van der Waals surface area contributed by atoms with Crippen molar-refractivity contribution < 1.29 is 4.79 Å². The van der Waals surface area contributed by atoms with E-state index in [0.717, 1.165) is 6.42 Å². The zero-order valence-corrected chi connectivity index (χ0v) is 11.3. The van der Waals surface area contributed by atoms with E-state index in [2.05, 4.69) is 62.8 Å². The van der Waals surface area contributed by atoms with Gasteiger partial charge < -0.3 is 0 Å². The molecule has 1 aromatic rings. The second-order valence-corrected chi connectivity index (χ2v) is 4.66. The number of allylic oxidation sites excluding steroid dienone is 1. The monoisotopic (exact) mass is 364 g/mol. The maximum atomic E-state index is 11.2. The molecular weight excluding hydrogens is 355 g/mol. The fourth-order valence-electron chi connectivity index (χ4n) is 1.07. The van der Waals surface area contributed by atoms with Crippen LogP contribution in [0.5, 0.6) is 0 Å². The van der Waals surface area contributed by atoms with Crippen molar-refractivity contribution in [2.45, 2.75) is 12.8 Å². The van der Waals surface area contributed by atoms with Crippen LogP contribution in [0.1, 0.15) is 12.0 Å². The summed E-state index contributed by atoms with van der Waals surface area (Å²) >= 11 is 5.35. The minimum Gasteiger partial charge on any atom is -0.295 e. The lowest BCUT2D eigenvalue weighted by Gasteiger charge is -1.98. The Morgan fingerprint density at radius 3 is 2.57 bits per heavy atom. The van der Waals surface area contributed by atoms with Gasteiger partial charge in [0.05, 0.1) is 0 Å². The van der Waals surface area contributed by atoms with Crippen LogP contribution in [0.4, 0.5) is 0 Å². The maximum absolute atomic E-state index is 11.2. The number of benzene rings is 1. The van der Waals surface area contributed by atoms with Crippen molar-refractivity contribution in [3.8, 4) is 0 Å². The lowest BCUT2D eigenvalue weighted by atomic mass is 10.1. The van der Waals surface area contributed by atoms with E-state index in [-0.39, 0.29) is 5.78 Å². The number of hydrogen-bond acceptors (Lipinski definition) is 1. The van der Waals surface area contributed by atoms with Crippen molar-refractivity contribution in [2.24, 2.45) is 0 Å². The van der Waals surface area contributed by atoms with Gasteiger partial charge in [-0.25, -0.2) is 0 Å². The zero-order chi connectivity index (χ0) is 10.4. The molecule has 0 atom stereocenters. The van der Waals surface area contributed by atoms with Gasteiger partial charge in [-0.15, -0.1) is 0 Å². The van der Waals surface area contributed by atoms with Crippen molar-refractivity contribution >= 4 is 44.3 Å². The molecule has 0 saturated heterocycles. The number of ketones is 1. The topological polar surface area (TPSA) is 17.1 Å². The molecule has 0 aliphatic rings. The Balaban J connectivity index is 2.46. The predicted molar refractivity (Wildman–Crippen MR) is 70.6 cm³/mol. The van der Waals surface area contributed by atoms with E-state index in [1.165, 1.54) is 9.13 Å². The van der Waals surface area contributed by atoms with Gasteiger partial charge in [-0.1, -0.05) is 28.1 Å². The largest absolute Gasteiger partial charge is 0.295 e. The molecule has 0 amide bonds. The molecular formula is C11H10BrIO. The first-order valence-corrected chi connectivity index (χ1v) is 6.26. The molecule has 0 unspecified atom stereocenters. The number of halogens is 2. The minimum absolute atomic E-state index is 0.153. The molecule has 0 fully saturated rings. The van der Waals surface area contributed by atoms with E-state index in [4.69, 9.17) is 0 Å². The van der Waals surface area contributed by atoms with Gasteiger partial charge in [-0.2, -0.15) is 0 Å². The standard InChI is InChI=1S/C11H10BrIO/c12-8-7-11(14)6-3-9-1-4-10(13)5-2-9/h1-2,4-5,7-8H,3,6H2/b8-7+. The van der Waals surface area contributed by atoms with Crippen LogP contribution in [0.25, 0.3) is 0 Å². The van der Waals surface area contributed by atoms with Crippen LogP contribution in [-0.4, -0.2) is 5.78 Å². The fraction of sp³-hybridized carbons (Fsp3) is 0.182. The third-order valence-corrected chi connectivity index (χ3v) is 2.81. The molecule has 0 bridgehead atoms. The van der Waals surface area contributed by atoms with Crippen molar-refractivity contribution in [1.29, 1.82) is 0 Å². The molecule has 0 aliphatic heterocycles. The van der Waals surface area contributed by atoms with E-state index >= 15 is 0 Å². The highest BCUT2D eigenvalue weighted by atomic mass is 127. The molecule has 0 spiro atoms. The summed E-state index contributed by atoms with van der Waals surface area (Å²) in [7, 11) is 0. The quantitative estimate of drug-likeness (QED) is 0.588. The van der Waals surface area contributed by atoms with Crippen LogP contribution in [-0.2, 0) is 11.2 Å². The Hall–Kier alpha value is -0.160. The Bertz CT molecular complexity index is 330. The average Bonchev–Trinajstić information content (AvgIpc) is 2.17. The molecule has 3 heteroatoms. The van der Waals surface area contributed by atoms with Crippen molar-refractivity contribution in [3.63, 3.8) is 0 Å². The number of hydrogen-bond donors (Lipinski definition) is 0. The molecule has 1 rings (SSSR count). The molecule has 0 aromatic heterocycles. The summed E-state index contributed by atoms with van der Waals surface area (Å²) in [5, 5.41) is 0. The van der Waals surface area contributed by atoms with Gasteiger partial charge in [0.15, 0.2) is 5.78 Å². The third-order valence-electron chi connectivity index (χ3n) is 1.82. The Morgan fingerprint density at radius 1 is 1.36 bits per heavy atom. The van der Waals surface area contributed by atoms with Crippen LogP contribution in [0.15, 0.2) is 35.3 Å². The summed E-state index contributed by atoms with van der Waals surface area (Å²) in [6, 6.07) is 8.24. The maximum Gasteiger partial charge on any atom is 0.156 e. The van der Waals surface area contributed by atoms with Crippen LogP contribution in [0.3, 0.4) is 0 Å². The lowest BCUT2D eigenvalue weighted by Crippen LogP contribution is -1.95. The normalized spacial score (nSPS) is 10.7. The molecule has 0 N–H and O–H groups in total. The van der Waals surface area contributed by atoms with Crippen molar-refractivity contribution in [1.82, 2.24) is 0 Å². The lowest BCUT2D eigenvalue weighted by molar-refractivity contribution is -0.114. The summed E-state index contributed by atoms with van der Waals surface area (Å²) in [5.41, 5.74) is 1.21. The highest BCUT2D eigenvalue weighted by Gasteiger charge is 1.98. The van der Waals surface area contributed by atoms with E-state index in [1.807, 2.05) is 0 Å². The molecule has 0 heterocycles. The van der Waals surface area contributed by atoms with Gasteiger partial charge in [0.2, 0.25) is 0 Å². The molecule has 0 aliphatic carbocycles. The van der Waals surface area contributed by atoms with E-state index in [0.29, 0.717) is 6.42 Å². The molecule has 74 valence electrons. The van der Waals surface area contributed by atoms with Crippen molar-refractivity contribution in [3.05, 3.63) is 44.5 Å². The van der Waals surface area contributed by atoms with Crippen LogP contribution < -0.4 is 0 Å². The molecule has 14 heavy (non-hydrogen) atoms. The second kappa shape index (κ2) is 6.35. The first-order chi connectivity index (χ1) is 6.72. The summed E-state index contributed by atoms with van der Waals surface area (Å²) in [6.07, 6.45) is 2.93. The zero-order valence-electron chi connectivity index (χ0n) is 7.54. The third kappa shape index (κ3) is 4.37. The van der Waals surface area contributed by atoms with Crippen molar-refractivity contribution in [2.75, 3.05) is 0 Å². The molecule has 0 saturated carbocycles. The van der Waals surface area contributed by atoms with Crippen LogP contribution in [0, 0.1) is 3.57 Å². The summed E-state index contributed by atoms with van der Waals surface area (Å²) in [4.78, 5) is 12.8. The number of aryl methyl sites for hydroxylation is 1. The van der Waals surface area contributed by atoms with E-state index in [9.17, 15) is 4.79 Å². The predicted octanol–water partition coefficient (Wildman–Crippen LogP) is 3.70. The second-order valence-electron chi connectivity index (χ2n) is 2.89. The van der Waals surface area contributed by atoms with Gasteiger partial charge in [0.25, 0.3) is 0 Å². The summed E-state index contributed by atoms with van der Waals surface area (Å²) in [6.45, 7) is 0. The van der Waals surface area contributed by atoms with Crippen LogP contribution in [0.2, 0.25) is 0 Å². The molecule has 0 radical (unpaired) electrons. The Kier molecular flexibility index (Phi) is 5.40. The van der Waals surface area contributed by atoms with Gasteiger partial charge in [0, 0.05) is 9.99 Å². The smallest absolute Gasteiger partial charge is 0.156 e. The van der Waals surface area contributed by atoms with E-state index in [1.54, 1.807) is 11.1 Å². The first-order valence-electron chi connectivity index (χ1n) is 4.26. The summed E-state index contributed by atoms with van der Waals surface area (Å²) in [5.74, 6) is 0.153. The van der Waals surface area contributed by atoms with Gasteiger partial charge in [-0.3, -0.25) is 4.79 Å². The average molecular weight is 365 g/mol. The molecule has 1 aromatic carbocycles. The van der Waals surface area contributed by atoms with Crippen LogP contribution >= 0.6 is 38.5 Å². The minimum atomic E-state index is 0.153. The van der Waals surface area contributed by atoms with Gasteiger partial charge in [-0.05, 0) is 57.8 Å². The highest BCUT2D eigenvalue weighted by molar-refractivity contribution is 14.1. The number of rotatable bonds is 4. The Labute approximate surface area is 106 Å². The van der Waals surface area contributed by atoms with Gasteiger partial charge in [0.1, 0.15) is 0 Å². The summed E-state index contributed by atoms with van der Waals surface area (Å²) < 4.78 is 1.22. The van der Waals surface area contributed by atoms with E-state index < -0.39 is 0 Å².